The summed E-state index contributed by atoms with van der Waals surface area (Å²) >= 11 is 0. The van der Waals surface area contributed by atoms with E-state index in [1.807, 2.05) is 0 Å². The second-order valence-electron chi connectivity index (χ2n) is 5.78. The molecule has 1 saturated carbocycles. The molecule has 104 valence electrons. The maximum absolute atomic E-state index is 5.93. The van der Waals surface area contributed by atoms with Crippen LogP contribution in [0.2, 0.25) is 0 Å². The van der Waals surface area contributed by atoms with Crippen LogP contribution in [0.4, 0.5) is 0 Å². The number of hydrogen-bond acceptors (Lipinski definition) is 1. The van der Waals surface area contributed by atoms with Gasteiger partial charge in [-0.25, -0.2) is 0 Å². The van der Waals surface area contributed by atoms with E-state index in [0.29, 0.717) is 11.8 Å². The van der Waals surface area contributed by atoms with E-state index < -0.39 is 0 Å². The van der Waals surface area contributed by atoms with Gasteiger partial charge in [-0.3, -0.25) is 0 Å². The minimum Gasteiger partial charge on any atom is -0.462 e. The minimum atomic E-state index is 0.558. The first-order valence-electron chi connectivity index (χ1n) is 7.67. The first kappa shape index (κ1) is 14.2. The highest BCUT2D eigenvalue weighted by Crippen LogP contribution is 2.31. The molecule has 0 amide bonds. The highest BCUT2D eigenvalue weighted by Gasteiger charge is 2.18. The van der Waals surface area contributed by atoms with Gasteiger partial charge in [0.2, 0.25) is 0 Å². The Hall–Kier alpha value is -1.24. The molecule has 1 aliphatic carbocycles. The van der Waals surface area contributed by atoms with Crippen LogP contribution in [0.15, 0.2) is 36.6 Å². The van der Waals surface area contributed by atoms with Crippen LogP contribution in [0.5, 0.6) is 5.75 Å². The highest BCUT2D eigenvalue weighted by atomic mass is 16.5. The molecule has 0 spiro atoms. The molecule has 1 atom stereocenters. The standard InChI is InChI=1S/C18H26O/c1-4-14(2)16-10-12-18(13-11-16)19-15(3)17-8-6-5-7-9-17/h10-14,17H,3-9H2,1-2H3. The smallest absolute Gasteiger partial charge is 0.126 e. The zero-order valence-corrected chi connectivity index (χ0v) is 12.3. The van der Waals surface area contributed by atoms with Gasteiger partial charge in [-0.15, -0.1) is 0 Å². The second kappa shape index (κ2) is 6.79. The SMILES string of the molecule is C=C(Oc1ccc(C(C)CC)cc1)C1CCCCC1. The van der Waals surface area contributed by atoms with Gasteiger partial charge in [0.1, 0.15) is 5.75 Å². The predicted octanol–water partition coefficient (Wildman–Crippen LogP) is 5.67. The van der Waals surface area contributed by atoms with Gasteiger partial charge in [0, 0.05) is 5.92 Å². The van der Waals surface area contributed by atoms with Gasteiger partial charge in [0.15, 0.2) is 0 Å². The molecule has 1 aromatic rings. The molecule has 0 N–H and O–H groups in total. The normalized spacial score (nSPS) is 18.0. The minimum absolute atomic E-state index is 0.558. The summed E-state index contributed by atoms with van der Waals surface area (Å²) in [7, 11) is 0. The van der Waals surface area contributed by atoms with Gasteiger partial charge >= 0.3 is 0 Å². The first-order chi connectivity index (χ1) is 9.20. The molecule has 0 saturated heterocycles. The summed E-state index contributed by atoms with van der Waals surface area (Å²) in [5.41, 5.74) is 1.39. The molecule has 2 rings (SSSR count). The van der Waals surface area contributed by atoms with Crippen molar-refractivity contribution in [2.75, 3.05) is 0 Å². The lowest BCUT2D eigenvalue weighted by atomic mass is 9.88. The van der Waals surface area contributed by atoms with Crippen LogP contribution in [0.25, 0.3) is 0 Å². The van der Waals surface area contributed by atoms with Crippen molar-refractivity contribution in [2.24, 2.45) is 5.92 Å². The largest absolute Gasteiger partial charge is 0.462 e. The lowest BCUT2D eigenvalue weighted by molar-refractivity contribution is 0.291. The molecule has 1 unspecified atom stereocenters. The Morgan fingerprint density at radius 3 is 2.42 bits per heavy atom. The fourth-order valence-electron chi connectivity index (χ4n) is 2.76. The maximum atomic E-state index is 5.93. The lowest BCUT2D eigenvalue weighted by Crippen LogP contribution is -2.12. The Labute approximate surface area is 117 Å². The zero-order valence-electron chi connectivity index (χ0n) is 12.3. The molecule has 0 heterocycles. The highest BCUT2D eigenvalue weighted by molar-refractivity contribution is 5.30. The Balaban J connectivity index is 1.93. The summed E-state index contributed by atoms with van der Waals surface area (Å²) in [6.07, 6.45) is 7.66. The van der Waals surface area contributed by atoms with E-state index in [1.54, 1.807) is 0 Å². The van der Waals surface area contributed by atoms with Crippen molar-refractivity contribution in [1.29, 1.82) is 0 Å². The van der Waals surface area contributed by atoms with E-state index in [2.05, 4.69) is 44.7 Å². The summed E-state index contributed by atoms with van der Waals surface area (Å²) in [4.78, 5) is 0. The van der Waals surface area contributed by atoms with E-state index in [9.17, 15) is 0 Å². The van der Waals surface area contributed by atoms with Crippen LogP contribution in [-0.4, -0.2) is 0 Å². The van der Waals surface area contributed by atoms with Crippen molar-refractivity contribution in [3.8, 4) is 5.75 Å². The number of allylic oxidation sites excluding steroid dienone is 1. The predicted molar refractivity (Wildman–Crippen MR) is 81.5 cm³/mol. The van der Waals surface area contributed by atoms with Crippen LogP contribution in [0, 0.1) is 5.92 Å². The van der Waals surface area contributed by atoms with Crippen LogP contribution in [0.3, 0.4) is 0 Å². The Morgan fingerprint density at radius 1 is 1.21 bits per heavy atom. The van der Waals surface area contributed by atoms with Gasteiger partial charge in [0.25, 0.3) is 0 Å². The third kappa shape index (κ3) is 3.86. The number of benzene rings is 1. The molecule has 1 aliphatic rings. The molecular weight excluding hydrogens is 232 g/mol. The topological polar surface area (TPSA) is 9.23 Å². The van der Waals surface area contributed by atoms with Crippen LogP contribution in [-0.2, 0) is 0 Å². The molecular formula is C18H26O. The molecule has 1 fully saturated rings. The summed E-state index contributed by atoms with van der Waals surface area (Å²) < 4.78 is 5.93. The fourth-order valence-corrected chi connectivity index (χ4v) is 2.76. The summed E-state index contributed by atoms with van der Waals surface area (Å²) in [5, 5.41) is 0. The number of rotatable bonds is 5. The van der Waals surface area contributed by atoms with Crippen LogP contribution >= 0.6 is 0 Å². The van der Waals surface area contributed by atoms with Crippen molar-refractivity contribution in [1.82, 2.24) is 0 Å². The van der Waals surface area contributed by atoms with E-state index in [1.165, 1.54) is 44.1 Å². The van der Waals surface area contributed by atoms with E-state index in [-0.39, 0.29) is 0 Å². The van der Waals surface area contributed by atoms with Crippen molar-refractivity contribution < 1.29 is 4.74 Å². The third-order valence-electron chi connectivity index (χ3n) is 4.37. The van der Waals surface area contributed by atoms with E-state index in [4.69, 9.17) is 4.74 Å². The van der Waals surface area contributed by atoms with E-state index >= 15 is 0 Å². The Kier molecular flexibility index (Phi) is 5.07. The Morgan fingerprint density at radius 2 is 1.84 bits per heavy atom. The summed E-state index contributed by atoms with van der Waals surface area (Å²) in [5.74, 6) is 3.07. The molecule has 19 heavy (non-hydrogen) atoms. The molecule has 0 aliphatic heterocycles. The molecule has 0 radical (unpaired) electrons. The Bertz CT molecular complexity index is 398. The zero-order chi connectivity index (χ0) is 13.7. The van der Waals surface area contributed by atoms with Gasteiger partial charge in [-0.1, -0.05) is 51.8 Å². The quantitative estimate of drug-likeness (QED) is 0.618. The molecule has 0 aromatic heterocycles. The van der Waals surface area contributed by atoms with Gasteiger partial charge in [0.05, 0.1) is 5.76 Å². The summed E-state index contributed by atoms with van der Waals surface area (Å²) in [6.45, 7) is 8.61. The van der Waals surface area contributed by atoms with Crippen LogP contribution in [0.1, 0.15) is 63.9 Å². The molecule has 1 aromatic carbocycles. The van der Waals surface area contributed by atoms with Gasteiger partial charge < -0.3 is 4.74 Å². The van der Waals surface area contributed by atoms with Crippen molar-refractivity contribution in [3.63, 3.8) is 0 Å². The first-order valence-corrected chi connectivity index (χ1v) is 7.67. The summed E-state index contributed by atoms with van der Waals surface area (Å²) in [6, 6.07) is 8.51. The van der Waals surface area contributed by atoms with Gasteiger partial charge in [-0.05, 0) is 42.9 Å². The van der Waals surface area contributed by atoms with Gasteiger partial charge in [-0.2, -0.15) is 0 Å². The average molecular weight is 258 g/mol. The second-order valence-corrected chi connectivity index (χ2v) is 5.78. The average Bonchev–Trinajstić information content (AvgIpc) is 2.48. The monoisotopic (exact) mass is 258 g/mol. The maximum Gasteiger partial charge on any atom is 0.126 e. The lowest BCUT2D eigenvalue weighted by Gasteiger charge is -2.23. The van der Waals surface area contributed by atoms with Crippen molar-refractivity contribution in [3.05, 3.63) is 42.2 Å². The van der Waals surface area contributed by atoms with Crippen LogP contribution < -0.4 is 4.74 Å². The molecule has 1 nitrogen and oxygen atoms in total. The third-order valence-corrected chi connectivity index (χ3v) is 4.37. The number of hydrogen-bond donors (Lipinski definition) is 0. The fraction of sp³-hybridized carbons (Fsp3) is 0.556. The van der Waals surface area contributed by atoms with Crippen molar-refractivity contribution in [2.45, 2.75) is 58.3 Å². The number of ether oxygens (including phenoxy) is 1. The molecule has 1 heteroatoms. The van der Waals surface area contributed by atoms with E-state index in [0.717, 1.165) is 11.5 Å². The van der Waals surface area contributed by atoms with Crippen molar-refractivity contribution >= 4 is 0 Å². The molecule has 0 bridgehead atoms.